The number of carbonyl (C=O) groups is 2. The molecule has 7 heteroatoms. The Morgan fingerprint density at radius 1 is 0.895 bits per heavy atom. The van der Waals surface area contributed by atoms with Crippen LogP contribution in [-0.4, -0.2) is 48.4 Å². The Balaban J connectivity index is 1.62. The second-order valence-electron chi connectivity index (χ2n) is 9.26. The Morgan fingerprint density at radius 2 is 1.61 bits per heavy atom. The Hall–Kier alpha value is -4.23. The highest BCUT2D eigenvalue weighted by Crippen LogP contribution is 2.16. The van der Waals surface area contributed by atoms with Gasteiger partial charge in [0.05, 0.1) is 23.8 Å². The third kappa shape index (κ3) is 6.75. The zero-order valence-corrected chi connectivity index (χ0v) is 21.8. The van der Waals surface area contributed by atoms with Crippen LogP contribution in [0.5, 0.6) is 0 Å². The smallest absolute Gasteiger partial charge is 0.254 e. The van der Waals surface area contributed by atoms with Gasteiger partial charge in [0.25, 0.3) is 5.91 Å². The molecule has 0 aliphatic heterocycles. The fourth-order valence-corrected chi connectivity index (χ4v) is 4.31. The van der Waals surface area contributed by atoms with E-state index < -0.39 is 0 Å². The number of methoxy groups -OCH3 is 1. The summed E-state index contributed by atoms with van der Waals surface area (Å²) in [6.07, 6.45) is 2.02. The van der Waals surface area contributed by atoms with Crippen LogP contribution >= 0.6 is 0 Å². The van der Waals surface area contributed by atoms with Crippen LogP contribution in [0.2, 0.25) is 0 Å². The van der Waals surface area contributed by atoms with Gasteiger partial charge in [-0.2, -0.15) is 0 Å². The number of ether oxygens (including phenoxy) is 1. The number of aryl methyl sites for hydroxylation is 1. The minimum Gasteiger partial charge on any atom is -0.464 e. The SMILES string of the molecule is COCCCN(CC(=O)N(Cc1ccccc1)Cc1coc2ccc(C)cc2c1=O)C(=O)c1ccccc1. The minimum atomic E-state index is -0.265. The van der Waals surface area contributed by atoms with E-state index in [1.165, 1.54) is 6.26 Å². The lowest BCUT2D eigenvalue weighted by Crippen LogP contribution is -2.43. The maximum atomic E-state index is 13.7. The first-order chi connectivity index (χ1) is 18.5. The van der Waals surface area contributed by atoms with Crippen molar-refractivity contribution in [3.63, 3.8) is 0 Å². The van der Waals surface area contributed by atoms with Crippen LogP contribution in [0.4, 0.5) is 0 Å². The van der Waals surface area contributed by atoms with E-state index >= 15 is 0 Å². The van der Waals surface area contributed by atoms with Crippen molar-refractivity contribution in [3.05, 3.63) is 118 Å². The van der Waals surface area contributed by atoms with Crippen molar-refractivity contribution in [2.45, 2.75) is 26.4 Å². The summed E-state index contributed by atoms with van der Waals surface area (Å²) < 4.78 is 10.9. The molecule has 0 atom stereocenters. The molecule has 3 aromatic carbocycles. The lowest BCUT2D eigenvalue weighted by atomic mass is 10.1. The third-order valence-electron chi connectivity index (χ3n) is 6.34. The topological polar surface area (TPSA) is 80.1 Å². The van der Waals surface area contributed by atoms with Crippen LogP contribution in [0.3, 0.4) is 0 Å². The average Bonchev–Trinajstić information content (AvgIpc) is 2.94. The van der Waals surface area contributed by atoms with Gasteiger partial charge in [0.2, 0.25) is 5.91 Å². The zero-order chi connectivity index (χ0) is 26.9. The number of hydrogen-bond donors (Lipinski definition) is 0. The molecule has 196 valence electrons. The molecule has 4 aromatic rings. The van der Waals surface area contributed by atoms with E-state index in [2.05, 4.69) is 0 Å². The number of amides is 2. The van der Waals surface area contributed by atoms with E-state index in [0.717, 1.165) is 11.1 Å². The van der Waals surface area contributed by atoms with Crippen LogP contribution in [0, 0.1) is 6.92 Å². The molecule has 0 spiro atoms. The molecule has 38 heavy (non-hydrogen) atoms. The van der Waals surface area contributed by atoms with Crippen molar-refractivity contribution in [2.75, 3.05) is 26.8 Å². The van der Waals surface area contributed by atoms with Gasteiger partial charge < -0.3 is 19.0 Å². The minimum absolute atomic E-state index is 0.0609. The molecule has 0 saturated carbocycles. The van der Waals surface area contributed by atoms with Gasteiger partial charge in [0, 0.05) is 32.4 Å². The number of fused-ring (bicyclic) bond motifs is 1. The monoisotopic (exact) mass is 512 g/mol. The van der Waals surface area contributed by atoms with Crippen molar-refractivity contribution in [1.82, 2.24) is 9.80 Å². The van der Waals surface area contributed by atoms with Crippen molar-refractivity contribution < 1.29 is 18.7 Å². The normalized spacial score (nSPS) is 10.9. The fraction of sp³-hybridized carbons (Fsp3) is 0.258. The van der Waals surface area contributed by atoms with Gasteiger partial charge in [-0.15, -0.1) is 0 Å². The van der Waals surface area contributed by atoms with E-state index in [9.17, 15) is 14.4 Å². The summed E-state index contributed by atoms with van der Waals surface area (Å²) in [7, 11) is 1.60. The molecule has 1 aromatic heterocycles. The molecule has 0 bridgehead atoms. The summed E-state index contributed by atoms with van der Waals surface area (Å²) in [6, 6.07) is 23.9. The lowest BCUT2D eigenvalue weighted by Gasteiger charge is -2.28. The van der Waals surface area contributed by atoms with Crippen LogP contribution in [0.1, 0.15) is 33.5 Å². The van der Waals surface area contributed by atoms with Gasteiger partial charge in [0.1, 0.15) is 12.1 Å². The molecule has 0 unspecified atom stereocenters. The third-order valence-corrected chi connectivity index (χ3v) is 6.34. The highest BCUT2D eigenvalue weighted by molar-refractivity contribution is 5.96. The molecular weight excluding hydrogens is 480 g/mol. The first-order valence-electron chi connectivity index (χ1n) is 12.6. The summed E-state index contributed by atoms with van der Waals surface area (Å²) in [5.41, 5.74) is 3.10. The Labute approximate surface area is 222 Å². The van der Waals surface area contributed by atoms with Gasteiger partial charge in [0.15, 0.2) is 5.43 Å². The second kappa shape index (κ2) is 12.8. The van der Waals surface area contributed by atoms with E-state index in [4.69, 9.17) is 9.15 Å². The molecule has 0 fully saturated rings. The molecule has 0 radical (unpaired) electrons. The van der Waals surface area contributed by atoms with Gasteiger partial charge in [-0.05, 0) is 43.2 Å². The standard InChI is InChI=1S/C31H32N2O5/c1-23-14-15-28-27(18-23)30(35)26(22-38-28)20-33(19-24-10-5-3-6-11-24)29(34)21-32(16-9-17-37-2)31(36)25-12-7-4-8-13-25/h3-8,10-15,18,22H,9,16-17,19-21H2,1-2H3. The summed E-state index contributed by atoms with van der Waals surface area (Å²) in [4.78, 5) is 43.5. The maximum absolute atomic E-state index is 13.7. The highest BCUT2D eigenvalue weighted by atomic mass is 16.5. The molecular formula is C31H32N2O5. The van der Waals surface area contributed by atoms with Crippen molar-refractivity contribution in [1.29, 1.82) is 0 Å². The average molecular weight is 513 g/mol. The van der Waals surface area contributed by atoms with Crippen molar-refractivity contribution >= 4 is 22.8 Å². The second-order valence-corrected chi connectivity index (χ2v) is 9.26. The molecule has 2 amide bonds. The van der Waals surface area contributed by atoms with Gasteiger partial charge in [-0.3, -0.25) is 14.4 Å². The fourth-order valence-electron chi connectivity index (χ4n) is 4.31. The van der Waals surface area contributed by atoms with Crippen LogP contribution in [0.25, 0.3) is 11.0 Å². The quantitative estimate of drug-likeness (QED) is 0.270. The predicted octanol–water partition coefficient (Wildman–Crippen LogP) is 4.81. The van der Waals surface area contributed by atoms with Gasteiger partial charge >= 0.3 is 0 Å². The molecule has 1 heterocycles. The summed E-state index contributed by atoms with van der Waals surface area (Å²) in [6.45, 7) is 2.98. The number of rotatable bonds is 11. The summed E-state index contributed by atoms with van der Waals surface area (Å²) in [5.74, 6) is -0.491. The Bertz CT molecular complexity index is 1430. The lowest BCUT2D eigenvalue weighted by molar-refractivity contribution is -0.133. The van der Waals surface area contributed by atoms with E-state index in [-0.39, 0.29) is 36.9 Å². The molecule has 4 rings (SSSR count). The molecule has 0 aliphatic carbocycles. The Kier molecular flexibility index (Phi) is 9.06. The molecule has 0 saturated heterocycles. The van der Waals surface area contributed by atoms with E-state index in [0.29, 0.717) is 41.7 Å². The largest absolute Gasteiger partial charge is 0.464 e. The van der Waals surface area contributed by atoms with Crippen LogP contribution < -0.4 is 5.43 Å². The number of benzene rings is 3. The number of carbonyl (C=O) groups excluding carboxylic acids is 2. The molecule has 0 N–H and O–H groups in total. The van der Waals surface area contributed by atoms with E-state index in [1.54, 1.807) is 53.3 Å². The Morgan fingerprint density at radius 3 is 2.32 bits per heavy atom. The van der Waals surface area contributed by atoms with E-state index in [1.807, 2.05) is 49.4 Å². The zero-order valence-electron chi connectivity index (χ0n) is 21.8. The summed E-state index contributed by atoms with van der Waals surface area (Å²) in [5, 5.41) is 0.482. The van der Waals surface area contributed by atoms with Crippen molar-refractivity contribution in [2.24, 2.45) is 0 Å². The van der Waals surface area contributed by atoms with Crippen molar-refractivity contribution in [3.8, 4) is 0 Å². The molecule has 0 aliphatic rings. The highest BCUT2D eigenvalue weighted by Gasteiger charge is 2.24. The van der Waals surface area contributed by atoms with Crippen LogP contribution in [0.15, 0.2) is 94.3 Å². The number of nitrogens with zero attached hydrogens (tertiary/aromatic N) is 2. The van der Waals surface area contributed by atoms with Gasteiger partial charge in [-0.25, -0.2) is 0 Å². The maximum Gasteiger partial charge on any atom is 0.254 e. The first-order valence-corrected chi connectivity index (χ1v) is 12.6. The molecule has 7 nitrogen and oxygen atoms in total. The van der Waals surface area contributed by atoms with Crippen LogP contribution in [-0.2, 0) is 22.6 Å². The summed E-state index contributed by atoms with van der Waals surface area (Å²) >= 11 is 0. The predicted molar refractivity (Wildman–Crippen MR) is 147 cm³/mol. The van der Waals surface area contributed by atoms with Gasteiger partial charge in [-0.1, -0.05) is 60.2 Å². The number of hydrogen-bond acceptors (Lipinski definition) is 5. The first kappa shape index (κ1) is 26.8.